The summed E-state index contributed by atoms with van der Waals surface area (Å²) < 4.78 is 7.25. The Hall–Kier alpha value is -2.31. The van der Waals surface area contributed by atoms with Crippen LogP contribution in [0, 0.1) is 20.8 Å². The molecule has 0 aliphatic rings. The van der Waals surface area contributed by atoms with Gasteiger partial charge in [0.2, 0.25) is 0 Å². The van der Waals surface area contributed by atoms with Gasteiger partial charge >= 0.3 is 5.97 Å². The van der Waals surface area contributed by atoms with Crippen molar-refractivity contribution in [2.75, 3.05) is 0 Å². The molecule has 140 valence electrons. The summed E-state index contributed by atoms with van der Waals surface area (Å²) in [5, 5.41) is 0. The lowest BCUT2D eigenvalue weighted by molar-refractivity contribution is 0.0734. The maximum absolute atomic E-state index is 13.0. The number of ether oxygens (including phenoxy) is 1. The summed E-state index contributed by atoms with van der Waals surface area (Å²) in [6.07, 6.45) is 0. The van der Waals surface area contributed by atoms with Gasteiger partial charge in [0.15, 0.2) is 5.75 Å². The van der Waals surface area contributed by atoms with Crippen molar-refractivity contribution in [2.24, 2.45) is 0 Å². The number of hydrogen-bond donors (Lipinski definition) is 0. The Morgan fingerprint density at radius 3 is 2.04 bits per heavy atom. The molecule has 4 aromatic rings. The first kappa shape index (κ1) is 19.0. The van der Waals surface area contributed by atoms with Gasteiger partial charge in [-0.1, -0.05) is 29.8 Å². The molecule has 0 N–H and O–H groups in total. The van der Waals surface area contributed by atoms with E-state index in [1.54, 1.807) is 0 Å². The van der Waals surface area contributed by atoms with E-state index in [0.717, 1.165) is 32.2 Å². The average Bonchev–Trinajstić information content (AvgIpc) is 2.63. The van der Waals surface area contributed by atoms with Gasteiger partial charge in [0.05, 0.1) is 21.1 Å². The van der Waals surface area contributed by atoms with Crippen molar-refractivity contribution < 1.29 is 9.53 Å². The molecule has 0 aliphatic heterocycles. The van der Waals surface area contributed by atoms with Crippen LogP contribution in [-0.2, 0) is 0 Å². The maximum atomic E-state index is 13.0. The number of carbonyl (C=O) groups is 1. The molecule has 0 fully saturated rings. The van der Waals surface area contributed by atoms with Crippen LogP contribution in [0.5, 0.6) is 5.75 Å². The molecule has 3 aromatic carbocycles. The van der Waals surface area contributed by atoms with E-state index in [9.17, 15) is 4.79 Å². The molecule has 0 saturated carbocycles. The van der Waals surface area contributed by atoms with Crippen molar-refractivity contribution in [1.82, 2.24) is 9.97 Å². The molecule has 0 unspecified atom stereocenters. The summed E-state index contributed by atoms with van der Waals surface area (Å²) in [4.78, 5) is 22.4. The predicted octanol–water partition coefficient (Wildman–Crippen LogP) is 6.45. The zero-order chi connectivity index (χ0) is 20.0. The molecular formula is C22H16Br2N2O2. The normalized spacial score (nSPS) is 11.2. The standard InChI is InChI=1S/C22H16Br2N2O2/c1-11-8-12(2)18(13(3)9-11)22(27)28-21-15(24)10-14(23)19-20(21)26-17-7-5-4-6-16(17)25-19/h4-10H,1-3H3. The third kappa shape index (κ3) is 3.31. The van der Waals surface area contributed by atoms with Crippen LogP contribution in [0.3, 0.4) is 0 Å². The van der Waals surface area contributed by atoms with Gasteiger partial charge in [-0.05, 0) is 82.0 Å². The fourth-order valence-electron chi connectivity index (χ4n) is 3.43. The number of benzene rings is 3. The Bertz CT molecular complexity index is 1250. The SMILES string of the molecule is Cc1cc(C)c(C(=O)Oc2c(Br)cc(Br)c3nc4ccccc4nc23)c(C)c1. The lowest BCUT2D eigenvalue weighted by atomic mass is 10.00. The number of aryl methyl sites for hydroxylation is 3. The number of carbonyl (C=O) groups excluding carboxylic acids is 1. The molecule has 0 spiro atoms. The number of rotatable bonds is 2. The number of hydrogen-bond acceptors (Lipinski definition) is 4. The van der Waals surface area contributed by atoms with Crippen molar-refractivity contribution in [2.45, 2.75) is 20.8 Å². The third-order valence-electron chi connectivity index (χ3n) is 4.56. The summed E-state index contributed by atoms with van der Waals surface area (Å²) >= 11 is 7.04. The largest absolute Gasteiger partial charge is 0.419 e. The van der Waals surface area contributed by atoms with E-state index in [1.807, 2.05) is 63.2 Å². The summed E-state index contributed by atoms with van der Waals surface area (Å²) in [6, 6.07) is 13.4. The highest BCUT2D eigenvalue weighted by molar-refractivity contribution is 9.11. The summed E-state index contributed by atoms with van der Waals surface area (Å²) in [5.41, 5.74) is 6.13. The van der Waals surface area contributed by atoms with E-state index in [0.29, 0.717) is 26.8 Å². The van der Waals surface area contributed by atoms with E-state index in [4.69, 9.17) is 9.72 Å². The number of fused-ring (bicyclic) bond motifs is 2. The molecule has 0 amide bonds. The van der Waals surface area contributed by atoms with Crippen LogP contribution in [0.1, 0.15) is 27.0 Å². The van der Waals surface area contributed by atoms with Gasteiger partial charge in [-0.25, -0.2) is 14.8 Å². The Morgan fingerprint density at radius 1 is 0.857 bits per heavy atom. The molecule has 0 bridgehead atoms. The maximum Gasteiger partial charge on any atom is 0.344 e. The fourth-order valence-corrected chi connectivity index (χ4v) is 4.74. The Morgan fingerprint density at radius 2 is 1.43 bits per heavy atom. The van der Waals surface area contributed by atoms with Gasteiger partial charge in [0, 0.05) is 4.47 Å². The number of nitrogens with zero attached hydrogens (tertiary/aromatic N) is 2. The molecule has 0 atom stereocenters. The number of esters is 1. The molecular weight excluding hydrogens is 484 g/mol. The first-order valence-electron chi connectivity index (χ1n) is 8.69. The Kier molecular flexibility index (Phi) is 4.93. The van der Waals surface area contributed by atoms with Gasteiger partial charge in [-0.3, -0.25) is 0 Å². The summed E-state index contributed by atoms with van der Waals surface area (Å²) in [5.74, 6) is -0.0462. The molecule has 0 aliphatic carbocycles. The second-order valence-corrected chi connectivity index (χ2v) is 8.45. The van der Waals surface area contributed by atoms with Crippen molar-refractivity contribution >= 4 is 59.9 Å². The van der Waals surface area contributed by atoms with Crippen molar-refractivity contribution in [3.8, 4) is 5.75 Å². The van der Waals surface area contributed by atoms with Crippen LogP contribution in [0.2, 0.25) is 0 Å². The van der Waals surface area contributed by atoms with Gasteiger partial charge < -0.3 is 4.74 Å². The zero-order valence-electron chi connectivity index (χ0n) is 15.5. The average molecular weight is 500 g/mol. The van der Waals surface area contributed by atoms with Crippen molar-refractivity contribution in [1.29, 1.82) is 0 Å². The van der Waals surface area contributed by atoms with Crippen LogP contribution in [0.15, 0.2) is 51.4 Å². The minimum Gasteiger partial charge on any atom is -0.419 e. The lowest BCUT2D eigenvalue weighted by Gasteiger charge is -2.14. The van der Waals surface area contributed by atoms with Gasteiger partial charge in [-0.2, -0.15) is 0 Å². The smallest absolute Gasteiger partial charge is 0.344 e. The molecule has 4 rings (SSSR count). The van der Waals surface area contributed by atoms with Crippen molar-refractivity contribution in [3.63, 3.8) is 0 Å². The summed E-state index contributed by atoms with van der Waals surface area (Å²) in [7, 11) is 0. The van der Waals surface area contributed by atoms with E-state index < -0.39 is 5.97 Å². The van der Waals surface area contributed by atoms with Crippen LogP contribution < -0.4 is 4.74 Å². The van der Waals surface area contributed by atoms with Gasteiger partial charge in [-0.15, -0.1) is 0 Å². The molecule has 28 heavy (non-hydrogen) atoms. The monoisotopic (exact) mass is 498 g/mol. The third-order valence-corrected chi connectivity index (χ3v) is 5.75. The first-order valence-corrected chi connectivity index (χ1v) is 10.3. The van der Waals surface area contributed by atoms with Gasteiger partial charge in [0.1, 0.15) is 11.0 Å². The molecule has 1 heterocycles. The second-order valence-electron chi connectivity index (χ2n) is 6.74. The number of para-hydroxylation sites is 2. The first-order chi connectivity index (χ1) is 13.3. The van der Waals surface area contributed by atoms with Crippen LogP contribution >= 0.6 is 31.9 Å². The topological polar surface area (TPSA) is 52.1 Å². The van der Waals surface area contributed by atoms with Crippen LogP contribution in [0.25, 0.3) is 22.1 Å². The molecule has 0 radical (unpaired) electrons. The molecule has 0 saturated heterocycles. The van der Waals surface area contributed by atoms with E-state index in [-0.39, 0.29) is 0 Å². The predicted molar refractivity (Wildman–Crippen MR) is 118 cm³/mol. The quantitative estimate of drug-likeness (QED) is 0.180. The second kappa shape index (κ2) is 7.26. The van der Waals surface area contributed by atoms with Crippen molar-refractivity contribution in [3.05, 3.63) is 73.7 Å². The van der Waals surface area contributed by atoms with Crippen LogP contribution in [-0.4, -0.2) is 15.9 Å². The van der Waals surface area contributed by atoms with E-state index in [2.05, 4.69) is 36.8 Å². The lowest BCUT2D eigenvalue weighted by Crippen LogP contribution is -2.13. The minimum atomic E-state index is -0.408. The number of aromatic nitrogens is 2. The highest BCUT2D eigenvalue weighted by Crippen LogP contribution is 2.38. The Balaban J connectivity index is 1.89. The highest BCUT2D eigenvalue weighted by Gasteiger charge is 2.21. The minimum absolute atomic E-state index is 0.362. The molecule has 1 aromatic heterocycles. The summed E-state index contributed by atoms with van der Waals surface area (Å²) in [6.45, 7) is 5.84. The van der Waals surface area contributed by atoms with Gasteiger partial charge in [0.25, 0.3) is 0 Å². The van der Waals surface area contributed by atoms with Crippen LogP contribution in [0.4, 0.5) is 0 Å². The van der Waals surface area contributed by atoms with E-state index in [1.165, 1.54) is 0 Å². The Labute approximate surface area is 179 Å². The highest BCUT2D eigenvalue weighted by atomic mass is 79.9. The molecule has 4 nitrogen and oxygen atoms in total. The molecule has 6 heteroatoms. The number of halogens is 2. The zero-order valence-corrected chi connectivity index (χ0v) is 18.7. The van der Waals surface area contributed by atoms with E-state index >= 15 is 0 Å². The fraction of sp³-hybridized carbons (Fsp3) is 0.136.